The van der Waals surface area contributed by atoms with Crippen molar-refractivity contribution in [1.29, 1.82) is 0 Å². The van der Waals surface area contributed by atoms with E-state index in [2.05, 4.69) is 38.1 Å². The fourth-order valence-electron chi connectivity index (χ4n) is 2.02. The number of ether oxygens (including phenoxy) is 1. The smallest absolute Gasteiger partial charge is 0.306 e. The highest BCUT2D eigenvalue weighted by molar-refractivity contribution is 7.65. The lowest BCUT2D eigenvalue weighted by atomic mass is 10.2. The maximum absolute atomic E-state index is 11.9. The van der Waals surface area contributed by atoms with Crippen molar-refractivity contribution < 1.29 is 9.53 Å². The van der Waals surface area contributed by atoms with Gasteiger partial charge in [0.25, 0.3) is 0 Å². The van der Waals surface area contributed by atoms with Crippen molar-refractivity contribution in [3.63, 3.8) is 0 Å². The zero-order valence-corrected chi connectivity index (χ0v) is 14.2. The van der Waals surface area contributed by atoms with E-state index in [1.54, 1.807) is 0 Å². The lowest BCUT2D eigenvalue weighted by Crippen LogP contribution is -2.24. The molecule has 0 heterocycles. The Bertz CT molecular complexity index is 407. The fourth-order valence-corrected chi connectivity index (χ4v) is 4.60. The zero-order valence-electron chi connectivity index (χ0n) is 13.3. The van der Waals surface area contributed by atoms with Crippen LogP contribution in [-0.2, 0) is 9.53 Å². The molecule has 0 aliphatic rings. The average molecular weight is 294 g/mol. The van der Waals surface area contributed by atoms with Crippen LogP contribution in [0, 0.1) is 5.92 Å². The molecule has 0 amide bonds. The first-order valence-electron chi connectivity index (χ1n) is 7.30. The van der Waals surface area contributed by atoms with Crippen LogP contribution in [0.5, 0.6) is 0 Å². The molecule has 0 spiro atoms. The van der Waals surface area contributed by atoms with E-state index in [1.807, 2.05) is 26.8 Å². The lowest BCUT2D eigenvalue weighted by molar-refractivity contribution is -0.154. The van der Waals surface area contributed by atoms with Crippen LogP contribution < -0.4 is 5.30 Å². The molecule has 0 saturated heterocycles. The van der Waals surface area contributed by atoms with Gasteiger partial charge in [-0.15, -0.1) is 0 Å². The third-order valence-electron chi connectivity index (χ3n) is 2.71. The average Bonchev–Trinajstić information content (AvgIpc) is 2.33. The molecular weight excluding hydrogens is 267 g/mol. The van der Waals surface area contributed by atoms with Crippen LogP contribution in [0.25, 0.3) is 0 Å². The summed E-state index contributed by atoms with van der Waals surface area (Å²) in [6, 6.07) is 10.6. The molecule has 1 atom stereocenters. The Morgan fingerprint density at radius 3 is 2.30 bits per heavy atom. The van der Waals surface area contributed by atoms with E-state index in [0.717, 1.165) is 6.16 Å². The second-order valence-corrected chi connectivity index (χ2v) is 8.92. The summed E-state index contributed by atoms with van der Waals surface area (Å²) < 4.78 is 5.40. The van der Waals surface area contributed by atoms with Gasteiger partial charge < -0.3 is 4.74 Å². The minimum absolute atomic E-state index is 0.0790. The lowest BCUT2D eigenvalue weighted by Gasteiger charge is -2.22. The Kier molecular flexibility index (Phi) is 6.68. The minimum Gasteiger partial charge on any atom is -0.460 e. The van der Waals surface area contributed by atoms with Crippen LogP contribution in [0.15, 0.2) is 30.3 Å². The summed E-state index contributed by atoms with van der Waals surface area (Å²) in [6.45, 7) is 10.2. The zero-order chi connectivity index (χ0) is 15.2. The molecule has 112 valence electrons. The van der Waals surface area contributed by atoms with Crippen molar-refractivity contribution in [3.8, 4) is 0 Å². The second-order valence-electron chi connectivity index (χ2n) is 6.51. The number of hydrogen-bond acceptors (Lipinski definition) is 2. The Hall–Kier alpha value is -0.880. The van der Waals surface area contributed by atoms with E-state index in [1.165, 1.54) is 11.5 Å². The van der Waals surface area contributed by atoms with Gasteiger partial charge in [0.05, 0.1) is 0 Å². The predicted molar refractivity (Wildman–Crippen MR) is 88.0 cm³/mol. The molecule has 1 aromatic carbocycles. The molecular formula is C17H27O2P. The molecule has 0 radical (unpaired) electrons. The summed E-state index contributed by atoms with van der Waals surface area (Å²) in [5, 5.41) is 1.39. The van der Waals surface area contributed by atoms with Crippen molar-refractivity contribution in [2.75, 3.05) is 12.3 Å². The molecule has 2 nitrogen and oxygen atoms in total. The van der Waals surface area contributed by atoms with Crippen molar-refractivity contribution in [3.05, 3.63) is 30.3 Å². The molecule has 3 heteroatoms. The number of hydrogen-bond donors (Lipinski definition) is 0. The molecule has 1 rings (SSSR count). The quantitative estimate of drug-likeness (QED) is 0.581. The van der Waals surface area contributed by atoms with E-state index in [4.69, 9.17) is 4.74 Å². The topological polar surface area (TPSA) is 26.3 Å². The molecule has 0 aliphatic heterocycles. The van der Waals surface area contributed by atoms with Gasteiger partial charge in [0, 0.05) is 6.42 Å². The summed E-state index contributed by atoms with van der Waals surface area (Å²) in [7, 11) is -0.270. The monoisotopic (exact) mass is 294 g/mol. The number of carbonyl (C=O) groups excluding carboxylic acids is 1. The minimum atomic E-state index is -0.384. The van der Waals surface area contributed by atoms with Gasteiger partial charge in [0.15, 0.2) is 0 Å². The van der Waals surface area contributed by atoms with E-state index in [0.29, 0.717) is 12.3 Å². The van der Waals surface area contributed by atoms with Crippen LogP contribution in [0.2, 0.25) is 0 Å². The molecule has 1 unspecified atom stereocenters. The van der Waals surface area contributed by atoms with Crippen molar-refractivity contribution >= 4 is 19.2 Å². The molecule has 0 bridgehead atoms. The summed E-state index contributed by atoms with van der Waals surface area (Å²) in [5.74, 6) is 0.574. The summed E-state index contributed by atoms with van der Waals surface area (Å²) in [6.07, 6.45) is 2.61. The van der Waals surface area contributed by atoms with E-state index in [-0.39, 0.29) is 19.5 Å². The van der Waals surface area contributed by atoms with E-state index in [9.17, 15) is 4.79 Å². The number of benzene rings is 1. The summed E-state index contributed by atoms with van der Waals surface area (Å²) in [5.41, 5.74) is -0.384. The molecule has 1 aromatic rings. The van der Waals surface area contributed by atoms with Gasteiger partial charge in [-0.3, -0.25) is 4.79 Å². The van der Waals surface area contributed by atoms with Crippen LogP contribution in [-0.4, -0.2) is 23.9 Å². The first-order chi connectivity index (χ1) is 9.28. The summed E-state index contributed by atoms with van der Waals surface area (Å²) >= 11 is 0. The molecule has 0 fully saturated rings. The highest BCUT2D eigenvalue weighted by Gasteiger charge is 2.19. The van der Waals surface area contributed by atoms with Gasteiger partial charge in [0.2, 0.25) is 0 Å². The number of carbonyl (C=O) groups is 1. The Labute approximate surface area is 124 Å². The Morgan fingerprint density at radius 2 is 1.80 bits per heavy atom. The summed E-state index contributed by atoms with van der Waals surface area (Å²) in [4.78, 5) is 11.9. The molecule has 0 aromatic heterocycles. The predicted octanol–water partition coefficient (Wildman–Crippen LogP) is 4.18. The fraction of sp³-hybridized carbons (Fsp3) is 0.588. The van der Waals surface area contributed by atoms with Crippen molar-refractivity contribution in [2.45, 2.75) is 46.6 Å². The third-order valence-corrected chi connectivity index (χ3v) is 5.68. The third kappa shape index (κ3) is 7.05. The highest BCUT2D eigenvalue weighted by atomic mass is 31.1. The van der Waals surface area contributed by atoms with E-state index >= 15 is 0 Å². The first-order valence-corrected chi connectivity index (χ1v) is 9.01. The standard InChI is InChI=1S/C17H27O2P/c1-14(2)13-20(15-9-7-6-8-10-15)12-11-16(18)19-17(3,4)5/h6-10,14H,11-13H2,1-5H3. The van der Waals surface area contributed by atoms with Crippen LogP contribution in [0.3, 0.4) is 0 Å². The van der Waals surface area contributed by atoms with Crippen molar-refractivity contribution in [1.82, 2.24) is 0 Å². The SMILES string of the molecule is CC(C)CP(CCC(=O)OC(C)(C)C)c1ccccc1. The van der Waals surface area contributed by atoms with Crippen LogP contribution in [0.1, 0.15) is 41.0 Å². The maximum atomic E-state index is 11.9. The first kappa shape index (κ1) is 17.2. The van der Waals surface area contributed by atoms with Gasteiger partial charge in [-0.2, -0.15) is 0 Å². The Morgan fingerprint density at radius 1 is 1.20 bits per heavy atom. The van der Waals surface area contributed by atoms with Crippen LogP contribution in [0.4, 0.5) is 0 Å². The molecule has 0 saturated carbocycles. The molecule has 0 aliphatic carbocycles. The normalized spacial score (nSPS) is 13.3. The van der Waals surface area contributed by atoms with Crippen molar-refractivity contribution in [2.24, 2.45) is 5.92 Å². The van der Waals surface area contributed by atoms with Gasteiger partial charge >= 0.3 is 5.97 Å². The van der Waals surface area contributed by atoms with E-state index < -0.39 is 0 Å². The van der Waals surface area contributed by atoms with Gasteiger partial charge in [-0.1, -0.05) is 52.1 Å². The molecule has 0 N–H and O–H groups in total. The highest BCUT2D eigenvalue weighted by Crippen LogP contribution is 2.37. The van der Waals surface area contributed by atoms with Gasteiger partial charge in [-0.05, 0) is 44.3 Å². The second kappa shape index (κ2) is 7.78. The number of rotatable bonds is 6. The van der Waals surface area contributed by atoms with Gasteiger partial charge in [-0.25, -0.2) is 0 Å². The van der Waals surface area contributed by atoms with Crippen LogP contribution >= 0.6 is 7.92 Å². The number of esters is 1. The molecule has 20 heavy (non-hydrogen) atoms. The van der Waals surface area contributed by atoms with Gasteiger partial charge in [0.1, 0.15) is 5.60 Å². The maximum Gasteiger partial charge on any atom is 0.306 e. The Balaban J connectivity index is 2.60. The largest absolute Gasteiger partial charge is 0.460 e.